The molecule has 0 aliphatic carbocycles. The third-order valence-electron chi connectivity index (χ3n) is 4.33. The minimum atomic E-state index is -1.00. The number of hydrogen-bond donors (Lipinski definition) is 1. The lowest BCUT2D eigenvalue weighted by Gasteiger charge is -2.28. The van der Waals surface area contributed by atoms with Crippen LogP contribution in [-0.4, -0.2) is 28.5 Å². The third kappa shape index (κ3) is 4.79. The zero-order valence-corrected chi connectivity index (χ0v) is 16.2. The van der Waals surface area contributed by atoms with Crippen LogP contribution in [0.1, 0.15) is 39.1 Å². The molecular weight excluding hydrogens is 350 g/mol. The summed E-state index contributed by atoms with van der Waals surface area (Å²) < 4.78 is 6.27. The first kappa shape index (κ1) is 19.9. The average Bonchev–Trinajstić information content (AvgIpc) is 3.02. The van der Waals surface area contributed by atoms with Crippen molar-refractivity contribution >= 4 is 33.4 Å². The van der Waals surface area contributed by atoms with Crippen LogP contribution in [0.25, 0.3) is 10.2 Å². The molecule has 1 heterocycles. The normalized spacial score (nSPS) is 14.5. The Morgan fingerprint density at radius 1 is 1.35 bits per heavy atom. The molecular formula is C19H23N3O3S. The van der Waals surface area contributed by atoms with Crippen molar-refractivity contribution in [3.05, 3.63) is 29.3 Å². The van der Waals surface area contributed by atoms with Crippen molar-refractivity contribution in [1.82, 2.24) is 10.3 Å². The van der Waals surface area contributed by atoms with E-state index in [1.54, 1.807) is 18.3 Å². The van der Waals surface area contributed by atoms with E-state index in [0.29, 0.717) is 6.42 Å². The van der Waals surface area contributed by atoms with E-state index < -0.39 is 23.5 Å². The zero-order chi connectivity index (χ0) is 19.3. The molecule has 2 rings (SSSR count). The monoisotopic (exact) mass is 373 g/mol. The molecule has 1 N–H and O–H groups in total. The molecule has 0 radical (unpaired) electrons. The fourth-order valence-electron chi connectivity index (χ4n) is 2.20. The van der Waals surface area contributed by atoms with Gasteiger partial charge in [-0.3, -0.25) is 9.59 Å². The van der Waals surface area contributed by atoms with E-state index in [9.17, 15) is 14.9 Å². The smallest absolute Gasteiger partial charge is 0.306 e. The lowest BCUT2D eigenvalue weighted by Crippen LogP contribution is -2.52. The number of aryl methyl sites for hydroxylation is 1. The molecule has 0 spiro atoms. The second kappa shape index (κ2) is 8.28. The van der Waals surface area contributed by atoms with Gasteiger partial charge in [0.15, 0.2) is 6.10 Å². The second-order valence-electron chi connectivity index (χ2n) is 6.67. The van der Waals surface area contributed by atoms with E-state index in [-0.39, 0.29) is 12.3 Å². The molecule has 7 heteroatoms. The number of nitrogens with zero attached hydrogens (tertiary/aromatic N) is 2. The van der Waals surface area contributed by atoms with Crippen LogP contribution in [0.3, 0.4) is 0 Å². The Bertz CT molecular complexity index is 807. The molecule has 0 bridgehead atoms. The number of rotatable bonds is 7. The Kier molecular flexibility index (Phi) is 6.32. The van der Waals surface area contributed by atoms with Crippen LogP contribution in [0.2, 0.25) is 0 Å². The molecule has 0 saturated carbocycles. The number of esters is 1. The molecule has 6 nitrogen and oxygen atoms in total. The number of hydrogen-bond acceptors (Lipinski definition) is 6. The van der Waals surface area contributed by atoms with Gasteiger partial charge in [0.25, 0.3) is 5.91 Å². The maximum absolute atomic E-state index is 12.2. The molecule has 0 unspecified atom stereocenters. The van der Waals surface area contributed by atoms with Gasteiger partial charge in [-0.05, 0) is 31.9 Å². The highest BCUT2D eigenvalue weighted by atomic mass is 32.1. The lowest BCUT2D eigenvalue weighted by molar-refractivity contribution is -0.155. The van der Waals surface area contributed by atoms with E-state index in [0.717, 1.165) is 15.2 Å². The summed E-state index contributed by atoms with van der Waals surface area (Å²) in [5.41, 5.74) is -0.0863. The van der Waals surface area contributed by atoms with Crippen LogP contribution in [0.15, 0.2) is 24.3 Å². The Balaban J connectivity index is 1.86. The number of fused-ring (bicyclic) bond motifs is 1. The maximum Gasteiger partial charge on any atom is 0.306 e. The Hall–Kier alpha value is -2.46. The molecule has 1 aromatic heterocycles. The maximum atomic E-state index is 12.2. The Morgan fingerprint density at radius 2 is 2.04 bits per heavy atom. The third-order valence-corrected chi connectivity index (χ3v) is 5.42. The largest absolute Gasteiger partial charge is 0.453 e. The van der Waals surface area contributed by atoms with Crippen LogP contribution < -0.4 is 5.32 Å². The van der Waals surface area contributed by atoms with Gasteiger partial charge in [-0.2, -0.15) is 5.26 Å². The number of ether oxygens (including phenoxy) is 1. The van der Waals surface area contributed by atoms with Crippen molar-refractivity contribution in [3.8, 4) is 6.07 Å². The summed E-state index contributed by atoms with van der Waals surface area (Å²) in [5, 5.41) is 12.8. The van der Waals surface area contributed by atoms with Gasteiger partial charge in [-0.25, -0.2) is 4.98 Å². The number of nitriles is 1. The van der Waals surface area contributed by atoms with Crippen molar-refractivity contribution in [3.63, 3.8) is 0 Å². The van der Waals surface area contributed by atoms with E-state index in [1.807, 2.05) is 38.1 Å². The summed E-state index contributed by atoms with van der Waals surface area (Å²) in [6, 6.07) is 9.89. The van der Waals surface area contributed by atoms with Crippen LogP contribution in [0, 0.1) is 17.2 Å². The average molecular weight is 373 g/mol. The molecule has 1 amide bonds. The molecule has 0 aliphatic heterocycles. The standard InChI is InChI=1S/C19H23N3O3S/c1-12(2)19(4,11-20)22-18(24)13(3)25-17(23)10-9-16-21-14-7-5-6-8-15(14)26-16/h5-8,12-13H,9-10H2,1-4H3,(H,22,24)/t13-,19+/m1/s1. The van der Waals surface area contributed by atoms with Gasteiger partial charge in [-0.1, -0.05) is 26.0 Å². The number of thiazole rings is 1. The fraction of sp³-hybridized carbons (Fsp3) is 0.474. The predicted molar refractivity (Wildman–Crippen MR) is 100 cm³/mol. The molecule has 1 aromatic carbocycles. The van der Waals surface area contributed by atoms with Gasteiger partial charge < -0.3 is 10.1 Å². The number of benzene rings is 1. The highest BCUT2D eigenvalue weighted by Crippen LogP contribution is 2.22. The number of para-hydroxylation sites is 1. The van der Waals surface area contributed by atoms with Crippen molar-refractivity contribution in [2.75, 3.05) is 0 Å². The van der Waals surface area contributed by atoms with Gasteiger partial charge >= 0.3 is 5.97 Å². The van der Waals surface area contributed by atoms with Gasteiger partial charge in [0, 0.05) is 6.42 Å². The van der Waals surface area contributed by atoms with E-state index >= 15 is 0 Å². The first-order valence-corrected chi connectivity index (χ1v) is 9.34. The van der Waals surface area contributed by atoms with Crippen molar-refractivity contribution in [1.29, 1.82) is 5.26 Å². The minimum absolute atomic E-state index is 0.0709. The first-order valence-electron chi connectivity index (χ1n) is 8.52. The molecule has 0 fully saturated rings. The summed E-state index contributed by atoms with van der Waals surface area (Å²) in [7, 11) is 0. The number of carbonyl (C=O) groups is 2. The van der Waals surface area contributed by atoms with Gasteiger partial charge in [0.1, 0.15) is 5.54 Å². The second-order valence-corrected chi connectivity index (χ2v) is 7.78. The Labute approximate surface area is 157 Å². The van der Waals surface area contributed by atoms with Gasteiger partial charge in [0.2, 0.25) is 0 Å². The van der Waals surface area contributed by atoms with Crippen molar-refractivity contribution in [2.45, 2.75) is 52.2 Å². The quantitative estimate of drug-likeness (QED) is 0.752. The summed E-state index contributed by atoms with van der Waals surface area (Å²) >= 11 is 1.54. The summed E-state index contributed by atoms with van der Waals surface area (Å²) in [6.45, 7) is 6.84. The van der Waals surface area contributed by atoms with Crippen molar-refractivity contribution < 1.29 is 14.3 Å². The van der Waals surface area contributed by atoms with E-state index in [4.69, 9.17) is 4.74 Å². The molecule has 26 heavy (non-hydrogen) atoms. The summed E-state index contributed by atoms with van der Waals surface area (Å²) in [6.07, 6.45) is -0.338. The van der Waals surface area contributed by atoms with Crippen molar-refractivity contribution in [2.24, 2.45) is 5.92 Å². The lowest BCUT2D eigenvalue weighted by atomic mass is 9.90. The minimum Gasteiger partial charge on any atom is -0.453 e. The number of nitrogens with one attached hydrogen (secondary N) is 1. The SMILES string of the molecule is CC(C)[C@](C)(C#N)NC(=O)[C@@H](C)OC(=O)CCc1nc2ccccc2s1. The summed E-state index contributed by atoms with van der Waals surface area (Å²) in [5.74, 6) is -1.01. The number of amides is 1. The number of aromatic nitrogens is 1. The Morgan fingerprint density at radius 3 is 2.65 bits per heavy atom. The van der Waals surface area contributed by atoms with Gasteiger partial charge in [-0.15, -0.1) is 11.3 Å². The molecule has 0 saturated heterocycles. The van der Waals surface area contributed by atoms with Crippen LogP contribution in [-0.2, 0) is 20.7 Å². The topological polar surface area (TPSA) is 92.1 Å². The predicted octanol–water partition coefficient (Wildman–Crippen LogP) is 3.22. The first-order chi connectivity index (χ1) is 12.2. The molecule has 2 aromatic rings. The molecule has 0 aliphatic rings. The highest BCUT2D eigenvalue weighted by Gasteiger charge is 2.32. The van der Waals surface area contributed by atoms with E-state index in [1.165, 1.54) is 6.92 Å². The molecule has 138 valence electrons. The number of carbonyl (C=O) groups excluding carboxylic acids is 2. The van der Waals surface area contributed by atoms with Crippen LogP contribution in [0.5, 0.6) is 0 Å². The fourth-order valence-corrected chi connectivity index (χ4v) is 3.17. The summed E-state index contributed by atoms with van der Waals surface area (Å²) in [4.78, 5) is 28.7. The van der Waals surface area contributed by atoms with E-state index in [2.05, 4.69) is 16.4 Å². The van der Waals surface area contributed by atoms with Gasteiger partial charge in [0.05, 0.1) is 27.7 Å². The highest BCUT2D eigenvalue weighted by molar-refractivity contribution is 7.18. The van der Waals surface area contributed by atoms with Crippen LogP contribution >= 0.6 is 11.3 Å². The van der Waals surface area contributed by atoms with Crippen LogP contribution in [0.4, 0.5) is 0 Å². The zero-order valence-electron chi connectivity index (χ0n) is 15.4. The molecule has 2 atom stereocenters.